The van der Waals surface area contributed by atoms with Crippen LogP contribution in [0.4, 0.5) is 5.13 Å². The van der Waals surface area contributed by atoms with Crippen molar-refractivity contribution >= 4 is 22.4 Å². The van der Waals surface area contributed by atoms with Crippen LogP contribution < -0.4 is 11.1 Å². The fourth-order valence-corrected chi connectivity index (χ4v) is 4.08. The number of ether oxygens (including phenoxy) is 1. The second-order valence-corrected chi connectivity index (χ2v) is 7.05. The minimum absolute atomic E-state index is 0.0413. The van der Waals surface area contributed by atoms with E-state index in [0.717, 1.165) is 56.0 Å². The molecule has 1 amide bonds. The van der Waals surface area contributed by atoms with Gasteiger partial charge in [-0.15, -0.1) is 11.3 Å². The third-order valence-corrected chi connectivity index (χ3v) is 5.23. The number of fused-ring (bicyclic) bond motifs is 1. The molecule has 0 bridgehead atoms. The maximum atomic E-state index is 12.0. The zero-order valence-corrected chi connectivity index (χ0v) is 13.1. The average molecular weight is 309 g/mol. The fourth-order valence-electron chi connectivity index (χ4n) is 2.96. The Balaban J connectivity index is 1.48. The smallest absolute Gasteiger partial charge is 0.226 e. The Morgan fingerprint density at radius 3 is 3.14 bits per heavy atom. The van der Waals surface area contributed by atoms with Gasteiger partial charge in [0, 0.05) is 23.9 Å². The maximum Gasteiger partial charge on any atom is 0.226 e. The lowest BCUT2D eigenvalue weighted by molar-refractivity contribution is -0.117. The molecule has 1 aromatic heterocycles. The van der Waals surface area contributed by atoms with Crippen molar-refractivity contribution < 1.29 is 9.53 Å². The summed E-state index contributed by atoms with van der Waals surface area (Å²) in [6, 6.07) is 0.241. The molecule has 0 saturated carbocycles. The summed E-state index contributed by atoms with van der Waals surface area (Å²) in [7, 11) is 0. The minimum Gasteiger partial charge on any atom is -0.378 e. The molecule has 3 rings (SSSR count). The van der Waals surface area contributed by atoms with Crippen molar-refractivity contribution in [3.8, 4) is 0 Å². The van der Waals surface area contributed by atoms with E-state index in [9.17, 15) is 4.79 Å². The Bertz CT molecular complexity index is 497. The van der Waals surface area contributed by atoms with Gasteiger partial charge in [0.15, 0.2) is 5.13 Å². The summed E-state index contributed by atoms with van der Waals surface area (Å²) in [5.74, 6) is 0.0413. The summed E-state index contributed by atoms with van der Waals surface area (Å²) >= 11 is 1.57. The first-order valence-electron chi connectivity index (χ1n) is 7.86. The summed E-state index contributed by atoms with van der Waals surface area (Å²) in [6.45, 7) is 0.839. The molecule has 2 heterocycles. The van der Waals surface area contributed by atoms with Crippen LogP contribution >= 0.6 is 11.3 Å². The molecule has 6 heteroatoms. The number of thiazole rings is 1. The molecule has 1 unspecified atom stereocenters. The van der Waals surface area contributed by atoms with Crippen LogP contribution in [0.1, 0.15) is 49.1 Å². The quantitative estimate of drug-likeness (QED) is 0.894. The molecule has 1 saturated heterocycles. The first kappa shape index (κ1) is 14.9. The minimum atomic E-state index is 0.0413. The van der Waals surface area contributed by atoms with Crippen molar-refractivity contribution in [3.63, 3.8) is 0 Å². The second-order valence-electron chi connectivity index (χ2n) is 5.97. The molecule has 0 aromatic carbocycles. The summed E-state index contributed by atoms with van der Waals surface area (Å²) in [5.41, 5.74) is 7.09. The van der Waals surface area contributed by atoms with Crippen molar-refractivity contribution in [2.24, 2.45) is 5.73 Å². The van der Waals surface area contributed by atoms with Crippen LogP contribution in [0.5, 0.6) is 0 Å². The lowest BCUT2D eigenvalue weighted by atomic mass is 9.99. The molecule has 2 aliphatic rings. The van der Waals surface area contributed by atoms with Crippen molar-refractivity contribution in [1.82, 2.24) is 4.98 Å². The normalized spacial score (nSPS) is 25.4. The van der Waals surface area contributed by atoms with Gasteiger partial charge in [0.25, 0.3) is 0 Å². The number of amides is 1. The first-order valence-corrected chi connectivity index (χ1v) is 8.68. The highest BCUT2D eigenvalue weighted by atomic mass is 32.1. The number of nitrogens with zero attached hydrogens (tertiary/aromatic N) is 1. The van der Waals surface area contributed by atoms with E-state index in [4.69, 9.17) is 10.5 Å². The monoisotopic (exact) mass is 309 g/mol. The Morgan fingerprint density at radius 1 is 1.43 bits per heavy atom. The molecule has 1 aliphatic heterocycles. The van der Waals surface area contributed by atoms with E-state index in [-0.39, 0.29) is 18.1 Å². The lowest BCUT2D eigenvalue weighted by Gasteiger charge is -2.21. The molecule has 21 heavy (non-hydrogen) atoms. The molecule has 1 aromatic rings. The highest BCUT2D eigenvalue weighted by molar-refractivity contribution is 7.15. The molecule has 0 radical (unpaired) electrons. The number of anilines is 1. The van der Waals surface area contributed by atoms with E-state index in [1.54, 1.807) is 11.3 Å². The molecular weight excluding hydrogens is 286 g/mol. The van der Waals surface area contributed by atoms with Crippen LogP contribution in [0.2, 0.25) is 0 Å². The van der Waals surface area contributed by atoms with E-state index < -0.39 is 0 Å². The van der Waals surface area contributed by atoms with Gasteiger partial charge in [-0.05, 0) is 44.9 Å². The van der Waals surface area contributed by atoms with Crippen LogP contribution in [0, 0.1) is 0 Å². The van der Waals surface area contributed by atoms with E-state index in [2.05, 4.69) is 10.3 Å². The summed E-state index contributed by atoms with van der Waals surface area (Å²) in [6.07, 6.45) is 7.82. The number of nitrogens with two attached hydrogens (primary N) is 1. The zero-order valence-electron chi connectivity index (χ0n) is 12.3. The van der Waals surface area contributed by atoms with E-state index >= 15 is 0 Å². The van der Waals surface area contributed by atoms with Gasteiger partial charge < -0.3 is 15.8 Å². The average Bonchev–Trinajstić information content (AvgIpc) is 2.87. The Morgan fingerprint density at radius 2 is 2.33 bits per heavy atom. The van der Waals surface area contributed by atoms with Gasteiger partial charge in [-0.1, -0.05) is 0 Å². The van der Waals surface area contributed by atoms with E-state index in [1.807, 2.05) is 0 Å². The third kappa shape index (κ3) is 4.02. The fraction of sp³-hybridized carbons (Fsp3) is 0.733. The Labute approximate surface area is 129 Å². The molecule has 1 fully saturated rings. The zero-order chi connectivity index (χ0) is 14.7. The number of aryl methyl sites for hydroxylation is 1. The number of hydrogen-bond donors (Lipinski definition) is 2. The summed E-state index contributed by atoms with van der Waals surface area (Å²) in [4.78, 5) is 17.8. The third-order valence-electron chi connectivity index (χ3n) is 4.19. The molecule has 3 N–H and O–H groups in total. The number of rotatable bonds is 4. The Kier molecular flexibility index (Phi) is 4.87. The maximum absolute atomic E-state index is 12.0. The number of hydrogen-bond acceptors (Lipinski definition) is 5. The van der Waals surface area contributed by atoms with Gasteiger partial charge in [-0.2, -0.15) is 0 Å². The molecular formula is C15H23N3O2S. The highest BCUT2D eigenvalue weighted by Gasteiger charge is 2.21. The topological polar surface area (TPSA) is 77.2 Å². The van der Waals surface area contributed by atoms with E-state index in [1.165, 1.54) is 11.3 Å². The molecule has 1 aliphatic carbocycles. The standard InChI is InChI=1S/C15H23N3O2S/c16-10-4-6-12-13(9-10)21-15(17-12)18-14(19)7-5-11-3-1-2-8-20-11/h10-11H,1-9,16H2,(H,17,18,19)/t10-,11?/m0/s1. The largest absolute Gasteiger partial charge is 0.378 e. The SMILES string of the molecule is N[C@H]1CCc2nc(NC(=O)CCC3CCCCO3)sc2C1. The van der Waals surface area contributed by atoms with Gasteiger partial charge in [-0.25, -0.2) is 4.98 Å². The lowest BCUT2D eigenvalue weighted by Crippen LogP contribution is -2.27. The predicted molar refractivity (Wildman–Crippen MR) is 83.6 cm³/mol. The van der Waals surface area contributed by atoms with Gasteiger partial charge in [0.2, 0.25) is 5.91 Å². The Hall–Kier alpha value is -0.980. The van der Waals surface area contributed by atoms with Gasteiger partial charge in [0.1, 0.15) is 0 Å². The van der Waals surface area contributed by atoms with Crippen LogP contribution in [0.3, 0.4) is 0 Å². The molecule has 5 nitrogen and oxygen atoms in total. The van der Waals surface area contributed by atoms with Gasteiger partial charge in [-0.3, -0.25) is 4.79 Å². The predicted octanol–water partition coefficient (Wildman–Crippen LogP) is 2.25. The van der Waals surface area contributed by atoms with Crippen molar-refractivity contribution in [1.29, 1.82) is 0 Å². The molecule has 116 valence electrons. The number of aromatic nitrogens is 1. The number of nitrogens with one attached hydrogen (secondary N) is 1. The van der Waals surface area contributed by atoms with Crippen molar-refractivity contribution in [2.75, 3.05) is 11.9 Å². The summed E-state index contributed by atoms with van der Waals surface area (Å²) in [5, 5.41) is 3.65. The van der Waals surface area contributed by atoms with Gasteiger partial charge >= 0.3 is 0 Å². The van der Waals surface area contributed by atoms with Crippen LogP contribution in [0.25, 0.3) is 0 Å². The highest BCUT2D eigenvalue weighted by Crippen LogP contribution is 2.29. The summed E-state index contributed by atoms with van der Waals surface area (Å²) < 4.78 is 5.65. The molecule has 2 atom stereocenters. The van der Waals surface area contributed by atoms with Crippen LogP contribution in [-0.2, 0) is 22.4 Å². The van der Waals surface area contributed by atoms with Gasteiger partial charge in [0.05, 0.1) is 11.8 Å². The number of carbonyl (C=O) groups excluding carboxylic acids is 1. The van der Waals surface area contributed by atoms with E-state index in [0.29, 0.717) is 6.42 Å². The van der Waals surface area contributed by atoms with Crippen LogP contribution in [-0.4, -0.2) is 29.6 Å². The van der Waals surface area contributed by atoms with Crippen molar-refractivity contribution in [3.05, 3.63) is 10.6 Å². The van der Waals surface area contributed by atoms with Crippen molar-refractivity contribution in [2.45, 2.75) is 63.5 Å². The first-order chi connectivity index (χ1) is 10.2. The van der Waals surface area contributed by atoms with Crippen LogP contribution in [0.15, 0.2) is 0 Å². The number of carbonyl (C=O) groups is 1. The molecule has 0 spiro atoms. The second kappa shape index (κ2) is 6.85.